The summed E-state index contributed by atoms with van der Waals surface area (Å²) in [7, 11) is 0. The van der Waals surface area contributed by atoms with Gasteiger partial charge in [-0.1, -0.05) is 0 Å². The van der Waals surface area contributed by atoms with E-state index in [0.717, 1.165) is 19.3 Å². The lowest BCUT2D eigenvalue weighted by Gasteiger charge is -2.38. The van der Waals surface area contributed by atoms with Gasteiger partial charge in [-0.05, 0) is 32.3 Å². The third-order valence-corrected chi connectivity index (χ3v) is 3.05. The monoisotopic (exact) mass is 244 g/mol. The molecule has 0 atom stereocenters. The van der Waals surface area contributed by atoms with Crippen LogP contribution in [0.2, 0.25) is 0 Å². The van der Waals surface area contributed by atoms with Gasteiger partial charge >= 0.3 is 0 Å². The number of carbonyl (C=O) groups is 1. The molecule has 0 aromatic carbocycles. The maximum atomic E-state index is 11.7. The first-order valence-corrected chi connectivity index (χ1v) is 5.22. The van der Waals surface area contributed by atoms with Crippen LogP contribution in [0.3, 0.4) is 0 Å². The largest absolute Gasteiger partial charge is 0.469 e. The lowest BCUT2D eigenvalue weighted by Crippen LogP contribution is -2.54. The first-order chi connectivity index (χ1) is 7.11. The van der Waals surface area contributed by atoms with E-state index in [-0.39, 0.29) is 23.9 Å². The van der Waals surface area contributed by atoms with Crippen LogP contribution in [-0.2, 0) is 0 Å². The molecule has 16 heavy (non-hydrogen) atoms. The van der Waals surface area contributed by atoms with Gasteiger partial charge in [0.2, 0.25) is 0 Å². The van der Waals surface area contributed by atoms with Crippen LogP contribution in [0.1, 0.15) is 35.4 Å². The Labute approximate surface area is 101 Å². The number of nitrogens with one attached hydrogen (secondary N) is 1. The molecule has 0 bridgehead atoms. The second kappa shape index (κ2) is 4.89. The molecule has 90 valence electrons. The van der Waals surface area contributed by atoms with Crippen molar-refractivity contribution in [1.29, 1.82) is 0 Å². The molecule has 1 amide bonds. The van der Waals surface area contributed by atoms with Crippen LogP contribution >= 0.6 is 12.4 Å². The summed E-state index contributed by atoms with van der Waals surface area (Å²) in [5.74, 6) is 0.546. The number of rotatable bonds is 3. The van der Waals surface area contributed by atoms with Gasteiger partial charge in [0.25, 0.3) is 5.91 Å². The molecule has 1 aliphatic carbocycles. The van der Waals surface area contributed by atoms with Crippen molar-refractivity contribution in [1.82, 2.24) is 5.32 Å². The maximum Gasteiger partial charge on any atom is 0.254 e. The molecule has 0 saturated heterocycles. The van der Waals surface area contributed by atoms with Gasteiger partial charge in [0, 0.05) is 12.1 Å². The number of hydrogen-bond donors (Lipinski definition) is 2. The minimum atomic E-state index is -0.173. The molecule has 1 aromatic rings. The Balaban J connectivity index is 0.00000128. The molecule has 2 rings (SSSR count). The molecule has 1 aliphatic rings. The molecule has 0 radical (unpaired) electrons. The fourth-order valence-corrected chi connectivity index (χ4v) is 1.78. The third-order valence-electron chi connectivity index (χ3n) is 3.05. The number of nitrogens with two attached hydrogens (primary N) is 1. The molecule has 0 aliphatic heterocycles. The molecular formula is C11H17ClN2O2. The molecule has 3 N–H and O–H groups in total. The van der Waals surface area contributed by atoms with Crippen molar-refractivity contribution < 1.29 is 9.21 Å². The van der Waals surface area contributed by atoms with Crippen LogP contribution < -0.4 is 11.1 Å². The predicted molar refractivity (Wildman–Crippen MR) is 63.8 cm³/mol. The number of hydrogen-bond acceptors (Lipinski definition) is 3. The Kier molecular flexibility index (Phi) is 3.99. The van der Waals surface area contributed by atoms with E-state index >= 15 is 0 Å². The van der Waals surface area contributed by atoms with Gasteiger partial charge in [-0.3, -0.25) is 4.79 Å². The Morgan fingerprint density at radius 3 is 2.75 bits per heavy atom. The van der Waals surface area contributed by atoms with Crippen molar-refractivity contribution in [2.24, 2.45) is 5.73 Å². The SMILES string of the molecule is Cc1occc1C(=O)NCC1(N)CCC1.Cl. The average molecular weight is 245 g/mol. The average Bonchev–Trinajstić information content (AvgIpc) is 2.58. The number of aryl methyl sites for hydroxylation is 1. The van der Waals surface area contributed by atoms with Crippen LogP contribution in [0.5, 0.6) is 0 Å². The zero-order valence-corrected chi connectivity index (χ0v) is 10.1. The molecule has 4 nitrogen and oxygen atoms in total. The maximum absolute atomic E-state index is 11.7. The van der Waals surface area contributed by atoms with Crippen molar-refractivity contribution >= 4 is 18.3 Å². The van der Waals surface area contributed by atoms with E-state index in [1.165, 1.54) is 6.26 Å². The summed E-state index contributed by atoms with van der Waals surface area (Å²) < 4.78 is 5.07. The second-order valence-corrected chi connectivity index (χ2v) is 4.29. The Morgan fingerprint density at radius 2 is 2.31 bits per heavy atom. The van der Waals surface area contributed by atoms with Crippen molar-refractivity contribution in [2.75, 3.05) is 6.54 Å². The summed E-state index contributed by atoms with van der Waals surface area (Å²) in [6.45, 7) is 2.33. The molecule has 1 fully saturated rings. The van der Waals surface area contributed by atoms with Crippen molar-refractivity contribution in [3.63, 3.8) is 0 Å². The van der Waals surface area contributed by atoms with Crippen LogP contribution in [-0.4, -0.2) is 18.0 Å². The zero-order valence-electron chi connectivity index (χ0n) is 9.29. The molecule has 1 aromatic heterocycles. The highest BCUT2D eigenvalue weighted by atomic mass is 35.5. The van der Waals surface area contributed by atoms with E-state index in [9.17, 15) is 4.79 Å². The third kappa shape index (κ3) is 2.57. The Bertz CT molecular complexity index is 372. The predicted octanol–water partition coefficient (Wildman–Crippen LogP) is 1.62. The van der Waals surface area contributed by atoms with Gasteiger partial charge in [-0.2, -0.15) is 0 Å². The lowest BCUT2D eigenvalue weighted by atomic mass is 9.78. The first kappa shape index (κ1) is 13.1. The van der Waals surface area contributed by atoms with Gasteiger partial charge in [0.05, 0.1) is 11.8 Å². The normalized spacial score (nSPS) is 17.1. The smallest absolute Gasteiger partial charge is 0.254 e. The van der Waals surface area contributed by atoms with E-state index in [2.05, 4.69) is 5.32 Å². The van der Waals surface area contributed by atoms with E-state index in [0.29, 0.717) is 17.9 Å². The van der Waals surface area contributed by atoms with E-state index < -0.39 is 0 Å². The molecule has 0 spiro atoms. The van der Waals surface area contributed by atoms with Gasteiger partial charge in [0.15, 0.2) is 0 Å². The standard InChI is InChI=1S/C11H16N2O2.ClH/c1-8-9(3-6-15-8)10(14)13-7-11(12)4-2-5-11;/h3,6H,2,4-5,7,12H2,1H3,(H,13,14);1H. The van der Waals surface area contributed by atoms with Crippen molar-refractivity contribution in [2.45, 2.75) is 31.7 Å². The van der Waals surface area contributed by atoms with Crippen LogP contribution in [0, 0.1) is 6.92 Å². The topological polar surface area (TPSA) is 68.3 Å². The van der Waals surface area contributed by atoms with E-state index in [1.807, 2.05) is 0 Å². The highest BCUT2D eigenvalue weighted by Crippen LogP contribution is 2.28. The van der Waals surface area contributed by atoms with Crippen LogP contribution in [0.4, 0.5) is 0 Å². The zero-order chi connectivity index (χ0) is 10.9. The lowest BCUT2D eigenvalue weighted by molar-refractivity contribution is 0.0928. The van der Waals surface area contributed by atoms with Crippen LogP contribution in [0.25, 0.3) is 0 Å². The van der Waals surface area contributed by atoms with Crippen LogP contribution in [0.15, 0.2) is 16.7 Å². The highest BCUT2D eigenvalue weighted by Gasteiger charge is 2.32. The Morgan fingerprint density at radius 1 is 1.62 bits per heavy atom. The van der Waals surface area contributed by atoms with Gasteiger partial charge < -0.3 is 15.5 Å². The van der Waals surface area contributed by atoms with Crippen molar-refractivity contribution in [3.05, 3.63) is 23.7 Å². The van der Waals surface area contributed by atoms with Gasteiger partial charge in [-0.25, -0.2) is 0 Å². The number of amides is 1. The second-order valence-electron chi connectivity index (χ2n) is 4.29. The minimum Gasteiger partial charge on any atom is -0.469 e. The Hall–Kier alpha value is -1.00. The summed E-state index contributed by atoms with van der Waals surface area (Å²) in [4.78, 5) is 11.7. The minimum absolute atomic E-state index is 0. The summed E-state index contributed by atoms with van der Waals surface area (Å²) in [5.41, 5.74) is 6.43. The summed E-state index contributed by atoms with van der Waals surface area (Å²) in [6.07, 6.45) is 4.68. The molecule has 5 heteroatoms. The molecule has 1 saturated carbocycles. The highest BCUT2D eigenvalue weighted by molar-refractivity contribution is 5.95. The number of carbonyl (C=O) groups excluding carboxylic acids is 1. The number of halogens is 1. The van der Waals surface area contributed by atoms with E-state index in [1.54, 1.807) is 13.0 Å². The summed E-state index contributed by atoms with van der Waals surface area (Å²) in [6, 6.07) is 1.68. The fraction of sp³-hybridized carbons (Fsp3) is 0.545. The van der Waals surface area contributed by atoms with Crippen molar-refractivity contribution in [3.8, 4) is 0 Å². The first-order valence-electron chi connectivity index (χ1n) is 5.22. The summed E-state index contributed by atoms with van der Waals surface area (Å²) >= 11 is 0. The van der Waals surface area contributed by atoms with Gasteiger partial charge in [0.1, 0.15) is 5.76 Å². The van der Waals surface area contributed by atoms with Gasteiger partial charge in [-0.15, -0.1) is 12.4 Å². The molecule has 0 unspecified atom stereocenters. The number of furan rings is 1. The molecular weight excluding hydrogens is 228 g/mol. The molecule has 1 heterocycles. The summed E-state index contributed by atoms with van der Waals surface area (Å²) in [5, 5.41) is 2.84. The fourth-order valence-electron chi connectivity index (χ4n) is 1.78. The quantitative estimate of drug-likeness (QED) is 0.849. The van der Waals surface area contributed by atoms with E-state index in [4.69, 9.17) is 10.2 Å².